The molecule has 0 saturated heterocycles. The third-order valence-electron chi connectivity index (χ3n) is 10.7. The van der Waals surface area contributed by atoms with E-state index in [4.69, 9.17) is 5.79 Å². The fourth-order valence-electron chi connectivity index (χ4n) is 8.25. The first-order chi connectivity index (χ1) is 22.4. The lowest BCUT2D eigenvalue weighted by Gasteiger charge is -2.21. The van der Waals surface area contributed by atoms with Crippen molar-refractivity contribution < 1.29 is 14.9 Å². The molecule has 0 aliphatic carbocycles. The molecule has 46 heavy (non-hydrogen) atoms. The van der Waals surface area contributed by atoms with E-state index in [1.54, 1.807) is 0 Å². The van der Waals surface area contributed by atoms with Gasteiger partial charge in [0.25, 0.3) is 0 Å². The van der Waals surface area contributed by atoms with Crippen LogP contribution in [-0.4, -0.2) is 0 Å². The Morgan fingerprint density at radius 3 is 2.26 bits per heavy atom. The first kappa shape index (κ1) is 26.9. The zero-order valence-electron chi connectivity index (χ0n) is 29.0. The van der Waals surface area contributed by atoms with E-state index in [1.165, 1.54) is 70.6 Å². The highest BCUT2D eigenvalue weighted by molar-refractivity contribution is 7.20. The van der Waals surface area contributed by atoms with E-state index in [1.807, 2.05) is 11.3 Å². The first-order valence-electron chi connectivity index (χ1n) is 17.0. The zero-order chi connectivity index (χ0) is 32.7. The van der Waals surface area contributed by atoms with Gasteiger partial charge in [-0.3, -0.25) is 0 Å². The molecule has 0 amide bonds. The minimum Gasteiger partial charge on any atom is -0.454 e. The summed E-state index contributed by atoms with van der Waals surface area (Å²) in [7, 11) is 0. The van der Waals surface area contributed by atoms with Gasteiger partial charge in [-0.1, -0.05) is 38.5 Å². The third kappa shape index (κ3) is 3.43. The highest BCUT2D eigenvalue weighted by Crippen LogP contribution is 2.52. The number of aryl methyl sites for hydroxylation is 6. The molecule has 228 valence electrons. The molecule has 0 radical (unpaired) electrons. The number of thiophene rings is 1. The van der Waals surface area contributed by atoms with Gasteiger partial charge in [0.1, 0.15) is 22.3 Å². The Balaban J connectivity index is 1.49. The Labute approximate surface area is 276 Å². The summed E-state index contributed by atoms with van der Waals surface area (Å²) in [6, 6.07) is 20.9. The van der Waals surface area contributed by atoms with E-state index < -0.39 is 5.66 Å². The number of nitrogens with zero attached hydrogens (tertiary/aromatic N) is 2. The number of hydrogen-bond acceptors (Lipinski definition) is 2. The Bertz CT molecular complexity index is 2530. The molecule has 6 heterocycles. The summed E-state index contributed by atoms with van der Waals surface area (Å²) in [6.45, 7) is 18.1. The second-order valence-electron chi connectivity index (χ2n) is 15.0. The maximum absolute atomic E-state index is 8.72. The molecule has 4 heteroatoms. The number of fused-ring (bicyclic) bond motifs is 16. The van der Waals surface area contributed by atoms with Crippen LogP contribution < -0.4 is 9.13 Å². The normalized spacial score (nSPS) is 16.8. The largest absolute Gasteiger partial charge is 0.454 e. The molecule has 3 aromatic carbocycles. The van der Waals surface area contributed by atoms with Gasteiger partial charge >= 0.3 is 5.66 Å². The van der Waals surface area contributed by atoms with E-state index in [-0.39, 0.29) is 12.3 Å². The lowest BCUT2D eigenvalue weighted by Crippen LogP contribution is -2.71. The minimum absolute atomic E-state index is 0.0842. The van der Waals surface area contributed by atoms with Crippen molar-refractivity contribution in [2.24, 2.45) is 5.41 Å². The molecule has 1 unspecified atom stereocenters. The molecule has 1 atom stereocenters. The van der Waals surface area contributed by atoms with Gasteiger partial charge < -0.3 is 4.42 Å². The quantitative estimate of drug-likeness (QED) is 0.167. The van der Waals surface area contributed by atoms with Crippen LogP contribution in [0.5, 0.6) is 0 Å². The van der Waals surface area contributed by atoms with E-state index in [9.17, 15) is 0 Å². The van der Waals surface area contributed by atoms with Gasteiger partial charge in [-0.2, -0.15) is 0 Å². The predicted molar refractivity (Wildman–Crippen MR) is 190 cm³/mol. The molecule has 0 fully saturated rings. The molecule has 4 aromatic heterocycles. The molecule has 0 bridgehead atoms. The summed E-state index contributed by atoms with van der Waals surface area (Å²) >= 11 is 1.84. The number of benzene rings is 3. The third-order valence-corrected chi connectivity index (χ3v) is 11.9. The van der Waals surface area contributed by atoms with Crippen molar-refractivity contribution in [2.45, 2.75) is 74.4 Å². The average Bonchev–Trinajstić information content (AvgIpc) is 3.71. The fraction of sp³-hybridized carbons (Fsp3) is 0.286. The molecule has 0 saturated carbocycles. The Morgan fingerprint density at radius 1 is 0.761 bits per heavy atom. The molecule has 1 spiro atoms. The van der Waals surface area contributed by atoms with Gasteiger partial charge in [-0.25, -0.2) is 0 Å². The molecular weight excluding hydrogens is 581 g/mol. The molecule has 9 rings (SSSR count). The van der Waals surface area contributed by atoms with Crippen LogP contribution in [0.25, 0.3) is 54.5 Å². The molecule has 3 nitrogen and oxygen atoms in total. The molecule has 2 aliphatic rings. The minimum atomic E-state index is -0.650. The lowest BCUT2D eigenvalue weighted by atomic mass is 9.86. The van der Waals surface area contributed by atoms with Crippen LogP contribution in [0.1, 0.15) is 71.5 Å². The maximum Gasteiger partial charge on any atom is 0.417 e. The summed E-state index contributed by atoms with van der Waals surface area (Å²) in [5, 5.41) is 3.61. The van der Waals surface area contributed by atoms with Crippen molar-refractivity contribution in [3.05, 3.63) is 116 Å². The van der Waals surface area contributed by atoms with Crippen molar-refractivity contribution in [3.8, 4) is 22.5 Å². The summed E-state index contributed by atoms with van der Waals surface area (Å²) in [5.74, 6) is 0. The van der Waals surface area contributed by atoms with Gasteiger partial charge in [0, 0.05) is 40.3 Å². The van der Waals surface area contributed by atoms with Gasteiger partial charge in [-0.05, 0) is 106 Å². The number of hydrogen-bond donors (Lipinski definition) is 0. The highest BCUT2D eigenvalue weighted by atomic mass is 32.1. The van der Waals surface area contributed by atoms with Crippen molar-refractivity contribution in [2.75, 3.05) is 0 Å². The second kappa shape index (κ2) is 8.95. The Hall–Kier alpha value is -4.28. The fourth-order valence-corrected chi connectivity index (χ4v) is 9.39. The first-order valence-corrected chi connectivity index (χ1v) is 17.1. The van der Waals surface area contributed by atoms with Crippen molar-refractivity contribution in [3.63, 3.8) is 0 Å². The number of rotatable bonds is 1. The van der Waals surface area contributed by atoms with Crippen LogP contribution in [-0.2, 0) is 12.1 Å². The molecule has 7 aromatic rings. The van der Waals surface area contributed by atoms with E-state index in [2.05, 4.69) is 132 Å². The number of aromatic nitrogens is 2. The van der Waals surface area contributed by atoms with E-state index in [0.29, 0.717) is 0 Å². The van der Waals surface area contributed by atoms with Gasteiger partial charge in [0.15, 0.2) is 18.0 Å². The SMILES string of the molecule is [2H]Cc1c[n+]2c(cc1CC(C)(C)C)-c1c(ccc3c1oc1c3ccc3c(C)c(C)sc31)C21c2cc(C)ccc2-c2cc(C)c(C)c[n+]21. The predicted octanol–water partition coefficient (Wildman–Crippen LogP) is 10.1. The van der Waals surface area contributed by atoms with Gasteiger partial charge in [0.2, 0.25) is 11.4 Å². The standard InChI is InChI=1S/C42H40N2OS/c1-22-10-11-32-34(16-22)42(43-20-24(3)23(2)17-35(32)43)33-15-14-30-31-13-12-29-26(5)27(6)46-40(29)39(31)45-38(30)37(33)36-18-28(19-41(7,8)9)25(4)21-44(36)42/h10-18,20-21H,19H2,1-9H3/q+2/i4D. The summed E-state index contributed by atoms with van der Waals surface area (Å²) < 4.78 is 22.1. The molecular formula is C42H40N2OS+2. The average molecular weight is 622 g/mol. The summed E-state index contributed by atoms with van der Waals surface area (Å²) in [4.78, 5) is 1.34. The van der Waals surface area contributed by atoms with Crippen LogP contribution >= 0.6 is 11.3 Å². The Morgan fingerprint density at radius 2 is 1.48 bits per heavy atom. The number of pyridine rings is 2. The molecule has 2 aliphatic heterocycles. The van der Waals surface area contributed by atoms with Crippen LogP contribution in [0.4, 0.5) is 0 Å². The smallest absolute Gasteiger partial charge is 0.417 e. The second-order valence-corrected chi connectivity index (χ2v) is 16.2. The van der Waals surface area contributed by atoms with Crippen LogP contribution in [0.3, 0.4) is 0 Å². The van der Waals surface area contributed by atoms with E-state index in [0.717, 1.165) is 39.8 Å². The highest BCUT2D eigenvalue weighted by Gasteiger charge is 2.67. The zero-order valence-corrected chi connectivity index (χ0v) is 28.8. The summed E-state index contributed by atoms with van der Waals surface area (Å²) in [5.41, 5.74) is 16.1. The Kier molecular flexibility index (Phi) is 5.23. The molecule has 0 N–H and O–H groups in total. The number of furan rings is 1. The van der Waals surface area contributed by atoms with Gasteiger partial charge in [-0.15, -0.1) is 20.5 Å². The topological polar surface area (TPSA) is 20.9 Å². The van der Waals surface area contributed by atoms with Gasteiger partial charge in [0.05, 0.1) is 10.3 Å². The maximum atomic E-state index is 8.72. The van der Waals surface area contributed by atoms with Crippen LogP contribution in [0, 0.1) is 46.9 Å². The van der Waals surface area contributed by atoms with Crippen molar-refractivity contribution >= 4 is 43.4 Å². The monoisotopic (exact) mass is 621 g/mol. The van der Waals surface area contributed by atoms with Crippen molar-refractivity contribution in [1.29, 1.82) is 0 Å². The lowest BCUT2D eigenvalue weighted by molar-refractivity contribution is -0.955. The van der Waals surface area contributed by atoms with Crippen molar-refractivity contribution in [1.82, 2.24) is 0 Å². The summed E-state index contributed by atoms with van der Waals surface area (Å²) in [6.07, 6.45) is 5.55. The van der Waals surface area contributed by atoms with Crippen LogP contribution in [0.2, 0.25) is 0 Å². The van der Waals surface area contributed by atoms with Crippen LogP contribution in [0.15, 0.2) is 71.4 Å². The van der Waals surface area contributed by atoms with E-state index >= 15 is 0 Å².